The molecule has 4 heteroatoms. The van der Waals surface area contributed by atoms with Crippen molar-refractivity contribution in [3.8, 4) is 11.1 Å². The normalized spacial score (nSPS) is 11.2. The van der Waals surface area contributed by atoms with E-state index in [-0.39, 0.29) is 0 Å². The van der Waals surface area contributed by atoms with E-state index in [0.717, 1.165) is 28.1 Å². The average Bonchev–Trinajstić information content (AvgIpc) is 3.14. The number of aryl methyl sites for hydroxylation is 2. The van der Waals surface area contributed by atoms with Crippen molar-refractivity contribution < 1.29 is 4.52 Å². The Morgan fingerprint density at radius 2 is 1.96 bits per heavy atom. The Labute approximate surface area is 134 Å². The molecule has 3 aromatic heterocycles. The zero-order chi connectivity index (χ0) is 15.8. The van der Waals surface area contributed by atoms with Crippen LogP contribution in [0.1, 0.15) is 17.0 Å². The highest BCUT2D eigenvalue weighted by Gasteiger charge is 2.09. The molecule has 0 aliphatic carbocycles. The summed E-state index contributed by atoms with van der Waals surface area (Å²) in [7, 11) is 0. The molecule has 0 fully saturated rings. The van der Waals surface area contributed by atoms with E-state index < -0.39 is 0 Å². The van der Waals surface area contributed by atoms with E-state index in [9.17, 15) is 0 Å². The van der Waals surface area contributed by atoms with Crippen molar-refractivity contribution in [3.05, 3.63) is 71.9 Å². The third kappa shape index (κ3) is 2.52. The fourth-order valence-corrected chi connectivity index (χ4v) is 2.91. The first-order chi connectivity index (χ1) is 11.2. The monoisotopic (exact) mass is 303 g/mol. The first-order valence-corrected chi connectivity index (χ1v) is 7.64. The number of pyridine rings is 1. The van der Waals surface area contributed by atoms with Crippen LogP contribution >= 0.6 is 0 Å². The van der Waals surface area contributed by atoms with Crippen LogP contribution < -0.4 is 0 Å². The largest absolute Gasteiger partial charge is 0.361 e. The van der Waals surface area contributed by atoms with E-state index in [1.807, 2.05) is 31.5 Å². The van der Waals surface area contributed by atoms with Gasteiger partial charge in [0, 0.05) is 24.0 Å². The van der Waals surface area contributed by atoms with Crippen molar-refractivity contribution in [1.29, 1.82) is 0 Å². The Hall–Kier alpha value is -2.88. The maximum atomic E-state index is 5.16. The van der Waals surface area contributed by atoms with Crippen molar-refractivity contribution in [3.63, 3.8) is 0 Å². The van der Waals surface area contributed by atoms with Crippen LogP contribution in [-0.4, -0.2) is 14.7 Å². The molecule has 0 unspecified atom stereocenters. The number of rotatable bonds is 3. The summed E-state index contributed by atoms with van der Waals surface area (Å²) in [5.74, 6) is 0.829. The Balaban J connectivity index is 1.78. The quantitative estimate of drug-likeness (QED) is 0.565. The van der Waals surface area contributed by atoms with E-state index in [1.54, 1.807) is 0 Å². The molecule has 0 atom stereocenters. The van der Waals surface area contributed by atoms with Gasteiger partial charge in [-0.15, -0.1) is 0 Å². The molecule has 0 N–H and O–H groups in total. The molecule has 114 valence electrons. The summed E-state index contributed by atoms with van der Waals surface area (Å²) in [6, 6.07) is 14.6. The van der Waals surface area contributed by atoms with E-state index >= 15 is 0 Å². The SMILES string of the molecule is Cc1cc(Cn2ccc3ncc(-c4ccccc4C)cc32)no1. The minimum Gasteiger partial charge on any atom is -0.361 e. The molecule has 4 rings (SSSR count). The Morgan fingerprint density at radius 1 is 1.09 bits per heavy atom. The van der Waals surface area contributed by atoms with Crippen molar-refractivity contribution in [2.24, 2.45) is 0 Å². The van der Waals surface area contributed by atoms with Gasteiger partial charge >= 0.3 is 0 Å². The molecule has 1 aromatic carbocycles. The zero-order valence-electron chi connectivity index (χ0n) is 13.2. The maximum absolute atomic E-state index is 5.16. The van der Waals surface area contributed by atoms with Crippen molar-refractivity contribution in [1.82, 2.24) is 14.7 Å². The molecular formula is C19H17N3O. The van der Waals surface area contributed by atoms with Gasteiger partial charge in [-0.25, -0.2) is 0 Å². The van der Waals surface area contributed by atoms with Crippen molar-refractivity contribution in [2.45, 2.75) is 20.4 Å². The maximum Gasteiger partial charge on any atom is 0.133 e. The lowest BCUT2D eigenvalue weighted by Crippen LogP contribution is -1.98. The molecule has 4 nitrogen and oxygen atoms in total. The van der Waals surface area contributed by atoms with Gasteiger partial charge in [0.25, 0.3) is 0 Å². The predicted molar refractivity (Wildman–Crippen MR) is 90.2 cm³/mol. The molecule has 0 aliphatic rings. The second-order valence-electron chi connectivity index (χ2n) is 5.82. The van der Waals surface area contributed by atoms with E-state index in [1.165, 1.54) is 11.1 Å². The summed E-state index contributed by atoms with van der Waals surface area (Å²) >= 11 is 0. The number of aromatic nitrogens is 3. The fourth-order valence-electron chi connectivity index (χ4n) is 2.91. The van der Waals surface area contributed by atoms with Gasteiger partial charge in [-0.05, 0) is 37.1 Å². The summed E-state index contributed by atoms with van der Waals surface area (Å²) in [4.78, 5) is 4.60. The molecule has 0 aliphatic heterocycles. The van der Waals surface area contributed by atoms with E-state index in [0.29, 0.717) is 6.54 Å². The van der Waals surface area contributed by atoms with Gasteiger partial charge in [0.2, 0.25) is 0 Å². The zero-order valence-corrected chi connectivity index (χ0v) is 13.2. The highest BCUT2D eigenvalue weighted by atomic mass is 16.5. The van der Waals surface area contributed by atoms with E-state index in [4.69, 9.17) is 4.52 Å². The van der Waals surface area contributed by atoms with Gasteiger partial charge in [0.05, 0.1) is 17.6 Å². The molecule has 0 saturated carbocycles. The third-order valence-corrected chi connectivity index (χ3v) is 4.08. The summed E-state index contributed by atoms with van der Waals surface area (Å²) in [6.07, 6.45) is 3.98. The standard InChI is InChI=1S/C19H17N3O/c1-13-5-3-4-6-17(13)15-10-19-18(20-11-15)7-8-22(19)12-16-9-14(2)23-21-16/h3-11H,12H2,1-2H3. The third-order valence-electron chi connectivity index (χ3n) is 4.08. The van der Waals surface area contributed by atoms with Crippen LogP contribution in [0.2, 0.25) is 0 Å². The van der Waals surface area contributed by atoms with Gasteiger partial charge in [-0.3, -0.25) is 4.98 Å². The minimum absolute atomic E-state index is 0.680. The number of fused-ring (bicyclic) bond motifs is 1. The molecule has 4 aromatic rings. The Bertz CT molecular complexity index is 981. The van der Waals surface area contributed by atoms with Crippen LogP contribution in [0, 0.1) is 13.8 Å². The highest BCUT2D eigenvalue weighted by Crippen LogP contribution is 2.26. The van der Waals surface area contributed by atoms with Crippen molar-refractivity contribution >= 4 is 11.0 Å². The number of benzene rings is 1. The molecule has 3 heterocycles. The van der Waals surface area contributed by atoms with Crippen LogP contribution in [-0.2, 0) is 6.54 Å². The molecule has 0 amide bonds. The number of hydrogen-bond acceptors (Lipinski definition) is 3. The average molecular weight is 303 g/mol. The highest BCUT2D eigenvalue weighted by molar-refractivity contribution is 5.82. The van der Waals surface area contributed by atoms with E-state index in [2.05, 4.69) is 52.0 Å². The Morgan fingerprint density at radius 3 is 2.74 bits per heavy atom. The van der Waals surface area contributed by atoms with Gasteiger partial charge in [-0.2, -0.15) is 0 Å². The van der Waals surface area contributed by atoms with Gasteiger partial charge < -0.3 is 9.09 Å². The first kappa shape index (κ1) is 13.8. The minimum atomic E-state index is 0.680. The molecule has 23 heavy (non-hydrogen) atoms. The second kappa shape index (κ2) is 5.39. The lowest BCUT2D eigenvalue weighted by Gasteiger charge is -2.07. The molecule has 0 spiro atoms. The van der Waals surface area contributed by atoms with Crippen molar-refractivity contribution in [2.75, 3.05) is 0 Å². The van der Waals surface area contributed by atoms with Gasteiger partial charge in [0.1, 0.15) is 11.5 Å². The molecule has 0 saturated heterocycles. The topological polar surface area (TPSA) is 43.9 Å². The lowest BCUT2D eigenvalue weighted by molar-refractivity contribution is 0.389. The molecular weight excluding hydrogens is 286 g/mol. The number of nitrogens with zero attached hydrogens (tertiary/aromatic N) is 3. The van der Waals surface area contributed by atoms with Gasteiger partial charge in [0.15, 0.2) is 0 Å². The summed E-state index contributed by atoms with van der Waals surface area (Å²) in [5, 5.41) is 4.08. The first-order valence-electron chi connectivity index (χ1n) is 7.64. The summed E-state index contributed by atoms with van der Waals surface area (Å²) in [6.45, 7) is 4.71. The number of hydrogen-bond donors (Lipinski definition) is 0. The second-order valence-corrected chi connectivity index (χ2v) is 5.82. The van der Waals surface area contributed by atoms with Crippen LogP contribution in [0.4, 0.5) is 0 Å². The van der Waals surface area contributed by atoms with Crippen LogP contribution in [0.25, 0.3) is 22.2 Å². The smallest absolute Gasteiger partial charge is 0.133 e. The van der Waals surface area contributed by atoms with Crippen LogP contribution in [0.3, 0.4) is 0 Å². The molecule has 0 radical (unpaired) electrons. The lowest BCUT2D eigenvalue weighted by atomic mass is 10.0. The summed E-state index contributed by atoms with van der Waals surface area (Å²) in [5.41, 5.74) is 6.60. The summed E-state index contributed by atoms with van der Waals surface area (Å²) < 4.78 is 7.31. The fraction of sp³-hybridized carbons (Fsp3) is 0.158. The van der Waals surface area contributed by atoms with Gasteiger partial charge in [-0.1, -0.05) is 29.4 Å². The van der Waals surface area contributed by atoms with Crippen LogP contribution in [0.15, 0.2) is 59.4 Å². The van der Waals surface area contributed by atoms with Crippen LogP contribution in [0.5, 0.6) is 0 Å². The predicted octanol–water partition coefficient (Wildman–Crippen LogP) is 4.36. The molecule has 0 bridgehead atoms. The Kier molecular flexibility index (Phi) is 3.23.